The van der Waals surface area contributed by atoms with E-state index in [1.807, 2.05) is 31.2 Å². The second kappa shape index (κ2) is 8.07. The van der Waals surface area contributed by atoms with Crippen LogP contribution >= 0.6 is 0 Å². The number of aromatic nitrogens is 3. The number of fused-ring (bicyclic) bond motifs is 1. The van der Waals surface area contributed by atoms with Gasteiger partial charge in [-0.1, -0.05) is 6.07 Å². The van der Waals surface area contributed by atoms with Crippen LogP contribution in [0.1, 0.15) is 21.6 Å². The van der Waals surface area contributed by atoms with E-state index < -0.39 is 11.7 Å². The zero-order valence-electron chi connectivity index (χ0n) is 17.5. The molecule has 0 aliphatic carbocycles. The molecule has 1 amide bonds. The number of Topliss-reactive ketones (excluding diaryl/α,β-unsaturated/α-hetero) is 1. The number of ketones is 1. The second-order valence-corrected chi connectivity index (χ2v) is 8.05. The molecule has 164 valence electrons. The molecule has 32 heavy (non-hydrogen) atoms. The molecule has 0 spiro atoms. The molecule has 0 radical (unpaired) electrons. The molecule has 8 nitrogen and oxygen atoms in total. The van der Waals surface area contributed by atoms with Crippen LogP contribution in [0.3, 0.4) is 0 Å². The lowest BCUT2D eigenvalue weighted by atomic mass is 9.97. The standard InChI is InChI=1S/C23H21FN4O4/c1-14-6-22(28(26-14)21-4-2-3-5-25-21)32-12-15-10-27(11-15)23(30)18-8-16-7-17(29)13-31-20(16)9-19(18)24/h2-6,8-9,15H,7,10-13H2,1H3. The molecule has 0 N–H and O–H groups in total. The average Bonchev–Trinajstić information content (AvgIpc) is 3.13. The molecule has 1 fully saturated rings. The summed E-state index contributed by atoms with van der Waals surface area (Å²) in [5.74, 6) is 0.559. The second-order valence-electron chi connectivity index (χ2n) is 8.05. The number of hydrogen-bond acceptors (Lipinski definition) is 6. The van der Waals surface area contributed by atoms with E-state index in [4.69, 9.17) is 9.47 Å². The van der Waals surface area contributed by atoms with E-state index in [-0.39, 0.29) is 30.3 Å². The lowest BCUT2D eigenvalue weighted by Gasteiger charge is -2.39. The van der Waals surface area contributed by atoms with Crippen LogP contribution in [-0.4, -0.2) is 57.7 Å². The normalized spacial score (nSPS) is 15.7. The van der Waals surface area contributed by atoms with Gasteiger partial charge >= 0.3 is 0 Å². The minimum absolute atomic E-state index is 0.0368. The molecule has 0 atom stereocenters. The van der Waals surface area contributed by atoms with Crippen LogP contribution in [0, 0.1) is 18.7 Å². The van der Waals surface area contributed by atoms with E-state index in [0.29, 0.717) is 42.7 Å². The summed E-state index contributed by atoms with van der Waals surface area (Å²) in [4.78, 5) is 30.3. The van der Waals surface area contributed by atoms with Gasteiger partial charge in [0.05, 0.1) is 17.9 Å². The number of halogens is 1. The highest BCUT2D eigenvalue weighted by Crippen LogP contribution is 2.29. The summed E-state index contributed by atoms with van der Waals surface area (Å²) >= 11 is 0. The first-order valence-electron chi connectivity index (χ1n) is 10.3. The summed E-state index contributed by atoms with van der Waals surface area (Å²) in [6.45, 7) is 3.13. The summed E-state index contributed by atoms with van der Waals surface area (Å²) in [7, 11) is 0. The first-order valence-corrected chi connectivity index (χ1v) is 10.3. The quantitative estimate of drug-likeness (QED) is 0.610. The van der Waals surface area contributed by atoms with E-state index in [1.165, 1.54) is 12.1 Å². The zero-order valence-corrected chi connectivity index (χ0v) is 17.5. The molecule has 5 rings (SSSR count). The minimum atomic E-state index is -0.641. The van der Waals surface area contributed by atoms with Crippen molar-refractivity contribution in [3.05, 3.63) is 65.2 Å². The van der Waals surface area contributed by atoms with Crippen LogP contribution in [0.5, 0.6) is 11.6 Å². The molecule has 0 saturated carbocycles. The van der Waals surface area contributed by atoms with Gasteiger partial charge in [0.15, 0.2) is 11.6 Å². The highest BCUT2D eigenvalue weighted by Gasteiger charge is 2.34. The molecule has 2 aromatic heterocycles. The number of aryl methyl sites for hydroxylation is 1. The Balaban J connectivity index is 1.21. The lowest BCUT2D eigenvalue weighted by molar-refractivity contribution is -0.121. The number of carbonyl (C=O) groups excluding carboxylic acids is 2. The van der Waals surface area contributed by atoms with Crippen LogP contribution < -0.4 is 9.47 Å². The number of pyridine rings is 1. The number of nitrogens with zero attached hydrogens (tertiary/aromatic N) is 4. The van der Waals surface area contributed by atoms with E-state index >= 15 is 0 Å². The molecule has 2 aliphatic rings. The predicted molar refractivity (Wildman–Crippen MR) is 112 cm³/mol. The maximum absolute atomic E-state index is 14.5. The van der Waals surface area contributed by atoms with Crippen molar-refractivity contribution < 1.29 is 23.5 Å². The van der Waals surface area contributed by atoms with E-state index in [2.05, 4.69) is 10.1 Å². The fraction of sp³-hybridized carbons (Fsp3) is 0.304. The number of likely N-dealkylation sites (tertiary alicyclic amines) is 1. The monoisotopic (exact) mass is 436 g/mol. The largest absolute Gasteiger partial charge is 0.485 e. The Bertz CT molecular complexity index is 1190. The Hall–Kier alpha value is -3.75. The van der Waals surface area contributed by atoms with Crippen LogP contribution in [0.2, 0.25) is 0 Å². The molecular formula is C23H21FN4O4. The third-order valence-electron chi connectivity index (χ3n) is 5.53. The Labute approximate surface area is 183 Å². The van der Waals surface area contributed by atoms with E-state index in [0.717, 1.165) is 5.69 Å². The highest BCUT2D eigenvalue weighted by molar-refractivity contribution is 5.96. The van der Waals surface area contributed by atoms with Crippen molar-refractivity contribution in [1.29, 1.82) is 0 Å². The van der Waals surface area contributed by atoms with Crippen molar-refractivity contribution >= 4 is 11.7 Å². The molecule has 4 heterocycles. The lowest BCUT2D eigenvalue weighted by Crippen LogP contribution is -2.52. The van der Waals surface area contributed by atoms with Gasteiger partial charge in [-0.25, -0.2) is 9.37 Å². The molecule has 0 unspecified atom stereocenters. The van der Waals surface area contributed by atoms with Crippen molar-refractivity contribution in [3.8, 4) is 17.4 Å². The van der Waals surface area contributed by atoms with Gasteiger partial charge in [0.25, 0.3) is 5.91 Å². The van der Waals surface area contributed by atoms with Crippen molar-refractivity contribution in [2.45, 2.75) is 13.3 Å². The summed E-state index contributed by atoms with van der Waals surface area (Å²) in [5, 5.41) is 4.42. The van der Waals surface area contributed by atoms with Gasteiger partial charge in [-0.3, -0.25) is 9.59 Å². The number of ether oxygens (including phenoxy) is 2. The summed E-state index contributed by atoms with van der Waals surface area (Å²) in [5.41, 5.74) is 1.32. The fourth-order valence-corrected chi connectivity index (χ4v) is 3.89. The molecule has 9 heteroatoms. The Morgan fingerprint density at radius 2 is 2.12 bits per heavy atom. The Kier molecular flexibility index (Phi) is 5.08. The zero-order chi connectivity index (χ0) is 22.2. The number of hydrogen-bond donors (Lipinski definition) is 0. The average molecular weight is 436 g/mol. The maximum atomic E-state index is 14.5. The minimum Gasteiger partial charge on any atom is -0.485 e. The topological polar surface area (TPSA) is 86.5 Å². The van der Waals surface area contributed by atoms with Crippen molar-refractivity contribution in [2.24, 2.45) is 5.92 Å². The van der Waals surface area contributed by atoms with E-state index in [9.17, 15) is 14.0 Å². The SMILES string of the molecule is Cc1cc(OCC2CN(C(=O)c3cc4c(cc3F)OCC(=O)C4)C2)n(-c2ccccn2)n1. The van der Waals surface area contributed by atoms with Gasteiger partial charge in [0.2, 0.25) is 5.88 Å². The molecule has 2 aliphatic heterocycles. The van der Waals surface area contributed by atoms with E-state index in [1.54, 1.807) is 15.8 Å². The third-order valence-corrected chi connectivity index (χ3v) is 5.53. The number of benzene rings is 1. The molecule has 1 aromatic carbocycles. The first-order chi connectivity index (χ1) is 15.5. The summed E-state index contributed by atoms with van der Waals surface area (Å²) in [6, 6.07) is 10.0. The molecular weight excluding hydrogens is 415 g/mol. The first kappa shape index (κ1) is 20.2. The van der Waals surface area contributed by atoms with Gasteiger partial charge in [0.1, 0.15) is 18.2 Å². The van der Waals surface area contributed by atoms with Gasteiger partial charge in [0, 0.05) is 49.3 Å². The van der Waals surface area contributed by atoms with Gasteiger partial charge in [-0.15, -0.1) is 0 Å². The number of carbonyl (C=O) groups is 2. The smallest absolute Gasteiger partial charge is 0.256 e. The van der Waals surface area contributed by atoms with Crippen molar-refractivity contribution in [2.75, 3.05) is 26.3 Å². The van der Waals surface area contributed by atoms with Gasteiger partial charge in [-0.05, 0) is 25.1 Å². The summed E-state index contributed by atoms with van der Waals surface area (Å²) in [6.07, 6.45) is 1.84. The molecule has 1 saturated heterocycles. The van der Waals surface area contributed by atoms with Crippen LogP contribution in [0.15, 0.2) is 42.6 Å². The number of amides is 1. The van der Waals surface area contributed by atoms with Crippen LogP contribution in [0.25, 0.3) is 5.82 Å². The van der Waals surface area contributed by atoms with Crippen LogP contribution in [0.4, 0.5) is 4.39 Å². The van der Waals surface area contributed by atoms with Gasteiger partial charge in [-0.2, -0.15) is 9.78 Å². The van der Waals surface area contributed by atoms with Crippen molar-refractivity contribution in [3.63, 3.8) is 0 Å². The Morgan fingerprint density at radius 1 is 1.28 bits per heavy atom. The van der Waals surface area contributed by atoms with Crippen molar-refractivity contribution in [1.82, 2.24) is 19.7 Å². The predicted octanol–water partition coefficient (Wildman–Crippen LogP) is 2.37. The maximum Gasteiger partial charge on any atom is 0.256 e. The molecule has 3 aromatic rings. The van der Waals surface area contributed by atoms with Crippen LogP contribution in [-0.2, 0) is 11.2 Å². The Morgan fingerprint density at radius 3 is 2.91 bits per heavy atom. The summed E-state index contributed by atoms with van der Waals surface area (Å²) < 4.78 is 27.3. The fourth-order valence-electron chi connectivity index (χ4n) is 3.89. The van der Waals surface area contributed by atoms with Gasteiger partial charge < -0.3 is 14.4 Å². The highest BCUT2D eigenvalue weighted by atomic mass is 19.1. The molecule has 0 bridgehead atoms. The number of rotatable bonds is 5. The third kappa shape index (κ3) is 3.81.